The number of carbonyl (C=O) groups is 1. The Morgan fingerprint density at radius 3 is 1.83 bits per heavy atom. The molecular weight excluding hydrogens is 259 g/mol. The van der Waals surface area contributed by atoms with Crippen molar-refractivity contribution in [2.24, 2.45) is 5.73 Å². The molecule has 3 N–H and O–H groups in total. The Kier molecular flexibility index (Phi) is 4.23. The molecule has 1 rings (SSSR count). The highest BCUT2D eigenvalue weighted by molar-refractivity contribution is 5.94. The van der Waals surface area contributed by atoms with Crippen molar-refractivity contribution in [3.05, 3.63) is 34.6 Å². The van der Waals surface area contributed by atoms with Crippen molar-refractivity contribution >= 4 is 5.91 Å². The first-order chi connectivity index (χ1) is 8.27. The lowest BCUT2D eigenvalue weighted by molar-refractivity contribution is 0.0940. The van der Waals surface area contributed by atoms with Gasteiger partial charge in [-0.1, -0.05) is 0 Å². The standard InChI is InChI=1S/C10H9F5N2O/c1-3(16)2-17-10(18)4-5(11)7(13)9(15)8(14)6(4)12/h3H,2,16H2,1H3,(H,17,18). The van der Waals surface area contributed by atoms with Crippen molar-refractivity contribution in [1.82, 2.24) is 5.32 Å². The largest absolute Gasteiger partial charge is 0.350 e. The second kappa shape index (κ2) is 5.30. The van der Waals surface area contributed by atoms with Gasteiger partial charge in [0.1, 0.15) is 5.56 Å². The molecule has 1 aromatic carbocycles. The monoisotopic (exact) mass is 268 g/mol. The van der Waals surface area contributed by atoms with Crippen molar-refractivity contribution in [3.63, 3.8) is 0 Å². The van der Waals surface area contributed by atoms with E-state index in [2.05, 4.69) is 0 Å². The van der Waals surface area contributed by atoms with E-state index in [1.54, 1.807) is 0 Å². The maximum absolute atomic E-state index is 13.2. The number of carbonyl (C=O) groups excluding carboxylic acids is 1. The molecular formula is C10H9F5N2O. The van der Waals surface area contributed by atoms with E-state index < -0.39 is 46.6 Å². The van der Waals surface area contributed by atoms with Crippen LogP contribution >= 0.6 is 0 Å². The van der Waals surface area contributed by atoms with Crippen LogP contribution in [0.15, 0.2) is 0 Å². The smallest absolute Gasteiger partial charge is 0.257 e. The summed E-state index contributed by atoms with van der Waals surface area (Å²) in [7, 11) is 0. The lowest BCUT2D eigenvalue weighted by Crippen LogP contribution is -2.36. The molecule has 1 amide bonds. The molecule has 1 atom stereocenters. The van der Waals surface area contributed by atoms with E-state index in [-0.39, 0.29) is 6.54 Å². The topological polar surface area (TPSA) is 55.1 Å². The molecule has 0 aliphatic rings. The number of hydrogen-bond acceptors (Lipinski definition) is 2. The van der Waals surface area contributed by atoms with E-state index in [1.165, 1.54) is 6.92 Å². The normalized spacial score (nSPS) is 12.4. The fraction of sp³-hybridized carbons (Fsp3) is 0.300. The molecule has 0 heterocycles. The van der Waals surface area contributed by atoms with Gasteiger partial charge >= 0.3 is 0 Å². The SMILES string of the molecule is CC(N)CNC(=O)c1c(F)c(F)c(F)c(F)c1F. The maximum Gasteiger partial charge on any atom is 0.257 e. The Labute approximate surface area is 98.8 Å². The van der Waals surface area contributed by atoms with Gasteiger partial charge in [0.05, 0.1) is 0 Å². The minimum atomic E-state index is -2.31. The number of nitrogens with one attached hydrogen (secondary N) is 1. The van der Waals surface area contributed by atoms with Gasteiger partial charge in [-0.3, -0.25) is 4.79 Å². The maximum atomic E-state index is 13.2. The van der Waals surface area contributed by atoms with Crippen LogP contribution in [0, 0.1) is 29.1 Å². The first kappa shape index (κ1) is 14.4. The third kappa shape index (κ3) is 2.58. The van der Waals surface area contributed by atoms with Crippen LogP contribution in [0.3, 0.4) is 0 Å². The zero-order valence-electron chi connectivity index (χ0n) is 9.16. The van der Waals surface area contributed by atoms with Crippen molar-refractivity contribution in [2.45, 2.75) is 13.0 Å². The van der Waals surface area contributed by atoms with E-state index in [0.717, 1.165) is 0 Å². The van der Waals surface area contributed by atoms with E-state index in [0.29, 0.717) is 0 Å². The second-order valence-electron chi connectivity index (χ2n) is 3.63. The van der Waals surface area contributed by atoms with Crippen LogP contribution in [0.2, 0.25) is 0 Å². The van der Waals surface area contributed by atoms with Crippen LogP contribution in [0.4, 0.5) is 22.0 Å². The van der Waals surface area contributed by atoms with Crippen LogP contribution in [0.5, 0.6) is 0 Å². The lowest BCUT2D eigenvalue weighted by atomic mass is 10.1. The molecule has 100 valence electrons. The number of nitrogens with two attached hydrogens (primary N) is 1. The van der Waals surface area contributed by atoms with Crippen molar-refractivity contribution in [3.8, 4) is 0 Å². The van der Waals surface area contributed by atoms with E-state index >= 15 is 0 Å². The summed E-state index contributed by atoms with van der Waals surface area (Å²) in [5, 5.41) is 1.95. The molecule has 0 radical (unpaired) electrons. The molecule has 0 fully saturated rings. The highest BCUT2D eigenvalue weighted by atomic mass is 19.2. The summed E-state index contributed by atoms with van der Waals surface area (Å²) in [6.07, 6.45) is 0. The molecule has 0 bridgehead atoms. The highest BCUT2D eigenvalue weighted by Gasteiger charge is 2.29. The van der Waals surface area contributed by atoms with E-state index in [1.807, 2.05) is 5.32 Å². The van der Waals surface area contributed by atoms with Gasteiger partial charge in [0.25, 0.3) is 5.91 Å². The molecule has 0 aliphatic carbocycles. The Balaban J connectivity index is 3.21. The van der Waals surface area contributed by atoms with Gasteiger partial charge in [0, 0.05) is 12.6 Å². The first-order valence-corrected chi connectivity index (χ1v) is 4.82. The molecule has 0 aliphatic heterocycles. The molecule has 18 heavy (non-hydrogen) atoms. The molecule has 3 nitrogen and oxygen atoms in total. The van der Waals surface area contributed by atoms with Gasteiger partial charge in [-0.25, -0.2) is 22.0 Å². The average molecular weight is 268 g/mol. The predicted molar refractivity (Wildman–Crippen MR) is 52.2 cm³/mol. The third-order valence-electron chi connectivity index (χ3n) is 2.02. The molecule has 0 aromatic heterocycles. The Morgan fingerprint density at radius 2 is 1.44 bits per heavy atom. The summed E-state index contributed by atoms with van der Waals surface area (Å²) in [6, 6.07) is -0.532. The molecule has 0 saturated carbocycles. The van der Waals surface area contributed by atoms with Gasteiger partial charge in [-0.05, 0) is 6.92 Å². The summed E-state index contributed by atoms with van der Waals surface area (Å²) in [4.78, 5) is 11.3. The average Bonchev–Trinajstić information content (AvgIpc) is 2.31. The van der Waals surface area contributed by atoms with Crippen LogP contribution in [-0.2, 0) is 0 Å². The van der Waals surface area contributed by atoms with Gasteiger partial charge in [0.15, 0.2) is 23.3 Å². The number of benzene rings is 1. The Bertz CT molecular complexity index is 461. The number of amides is 1. The molecule has 0 spiro atoms. The summed E-state index contributed by atoms with van der Waals surface area (Å²) < 4.78 is 64.6. The summed E-state index contributed by atoms with van der Waals surface area (Å²) >= 11 is 0. The fourth-order valence-corrected chi connectivity index (χ4v) is 1.15. The number of halogens is 5. The Hall–Kier alpha value is -1.70. The van der Waals surface area contributed by atoms with Gasteiger partial charge < -0.3 is 11.1 Å². The predicted octanol–water partition coefficient (Wildman–Crippen LogP) is 1.46. The number of rotatable bonds is 3. The molecule has 8 heteroatoms. The third-order valence-corrected chi connectivity index (χ3v) is 2.02. The summed E-state index contributed by atoms with van der Waals surface area (Å²) in [5.74, 6) is -12.4. The van der Waals surface area contributed by atoms with Crippen LogP contribution < -0.4 is 11.1 Å². The minimum Gasteiger partial charge on any atom is -0.350 e. The molecule has 0 saturated heterocycles. The lowest BCUT2D eigenvalue weighted by Gasteiger charge is -2.10. The van der Waals surface area contributed by atoms with Gasteiger partial charge in [-0.15, -0.1) is 0 Å². The fourth-order valence-electron chi connectivity index (χ4n) is 1.15. The van der Waals surface area contributed by atoms with Crippen molar-refractivity contribution in [2.75, 3.05) is 6.54 Å². The Morgan fingerprint density at radius 1 is 1.06 bits per heavy atom. The first-order valence-electron chi connectivity index (χ1n) is 4.82. The minimum absolute atomic E-state index is 0.168. The molecule has 1 unspecified atom stereocenters. The summed E-state index contributed by atoms with van der Waals surface area (Å²) in [5.41, 5.74) is 3.75. The van der Waals surface area contributed by atoms with Crippen LogP contribution in [-0.4, -0.2) is 18.5 Å². The molecule has 1 aromatic rings. The van der Waals surface area contributed by atoms with Gasteiger partial charge in [-0.2, -0.15) is 0 Å². The van der Waals surface area contributed by atoms with E-state index in [4.69, 9.17) is 5.73 Å². The quantitative estimate of drug-likeness (QED) is 0.495. The number of hydrogen-bond donors (Lipinski definition) is 2. The summed E-state index contributed by atoms with van der Waals surface area (Å²) in [6.45, 7) is 1.32. The van der Waals surface area contributed by atoms with Crippen LogP contribution in [0.1, 0.15) is 17.3 Å². The van der Waals surface area contributed by atoms with Crippen LogP contribution in [0.25, 0.3) is 0 Å². The second-order valence-corrected chi connectivity index (χ2v) is 3.63. The van der Waals surface area contributed by atoms with Crippen molar-refractivity contribution in [1.29, 1.82) is 0 Å². The van der Waals surface area contributed by atoms with Gasteiger partial charge in [0.2, 0.25) is 5.82 Å². The van der Waals surface area contributed by atoms with Crippen molar-refractivity contribution < 1.29 is 26.7 Å². The zero-order chi connectivity index (χ0) is 14.0. The highest BCUT2D eigenvalue weighted by Crippen LogP contribution is 2.22. The van der Waals surface area contributed by atoms with E-state index in [9.17, 15) is 26.7 Å². The zero-order valence-corrected chi connectivity index (χ0v) is 9.16.